The molecule has 28 heavy (non-hydrogen) atoms. The van der Waals surface area contributed by atoms with E-state index in [-0.39, 0.29) is 12.9 Å². The molecule has 0 bridgehead atoms. The average molecular weight is 385 g/mol. The number of fused-ring (bicyclic) bond motifs is 2. The number of hydrogen-bond acceptors (Lipinski definition) is 6. The Labute approximate surface area is 164 Å². The molecule has 0 spiro atoms. The van der Waals surface area contributed by atoms with E-state index in [9.17, 15) is 5.11 Å². The maximum atomic E-state index is 10.7. The number of benzene rings is 1. The molecule has 2 fully saturated rings. The van der Waals surface area contributed by atoms with Crippen LogP contribution in [-0.4, -0.2) is 51.9 Å². The SMILES string of the molecule is CCn1ccc(CN2C[C@H]3C[C@@H](Oc4ccc5c(c4)OCO5)[C@H](O)C[C@H]3C2)n1. The van der Waals surface area contributed by atoms with Crippen molar-refractivity contribution in [2.45, 2.75) is 45.1 Å². The van der Waals surface area contributed by atoms with Crippen LogP contribution in [-0.2, 0) is 13.1 Å². The van der Waals surface area contributed by atoms with Gasteiger partial charge in [0.1, 0.15) is 11.9 Å². The minimum Gasteiger partial charge on any atom is -0.488 e. The number of aliphatic hydroxyl groups is 1. The first kappa shape index (κ1) is 17.8. The van der Waals surface area contributed by atoms with E-state index in [4.69, 9.17) is 14.2 Å². The van der Waals surface area contributed by atoms with Gasteiger partial charge in [0, 0.05) is 38.4 Å². The molecule has 1 N–H and O–H groups in total. The first-order valence-electron chi connectivity index (χ1n) is 10.2. The predicted molar refractivity (Wildman–Crippen MR) is 102 cm³/mol. The molecule has 1 saturated heterocycles. The monoisotopic (exact) mass is 385 g/mol. The molecule has 4 atom stereocenters. The van der Waals surface area contributed by atoms with Crippen LogP contribution in [0.15, 0.2) is 30.5 Å². The Morgan fingerprint density at radius 3 is 2.79 bits per heavy atom. The third-order valence-corrected chi connectivity index (χ3v) is 6.20. The van der Waals surface area contributed by atoms with Crippen molar-refractivity contribution >= 4 is 0 Å². The molecule has 5 rings (SSSR count). The van der Waals surface area contributed by atoms with E-state index in [1.165, 1.54) is 0 Å². The van der Waals surface area contributed by atoms with Gasteiger partial charge in [0.15, 0.2) is 11.5 Å². The van der Waals surface area contributed by atoms with Crippen LogP contribution in [0.3, 0.4) is 0 Å². The smallest absolute Gasteiger partial charge is 0.231 e. The molecule has 7 heteroatoms. The van der Waals surface area contributed by atoms with Gasteiger partial charge < -0.3 is 19.3 Å². The van der Waals surface area contributed by atoms with E-state index in [2.05, 4.69) is 23.0 Å². The minimum absolute atomic E-state index is 0.180. The van der Waals surface area contributed by atoms with E-state index < -0.39 is 6.10 Å². The van der Waals surface area contributed by atoms with Crippen LogP contribution >= 0.6 is 0 Å². The highest BCUT2D eigenvalue weighted by atomic mass is 16.7. The first-order valence-corrected chi connectivity index (χ1v) is 10.2. The number of hydrogen-bond donors (Lipinski definition) is 1. The molecule has 1 saturated carbocycles. The molecule has 2 aromatic rings. The molecule has 3 heterocycles. The zero-order chi connectivity index (χ0) is 19.1. The van der Waals surface area contributed by atoms with Gasteiger partial charge in [-0.2, -0.15) is 5.10 Å². The highest BCUT2D eigenvalue weighted by Gasteiger charge is 2.42. The van der Waals surface area contributed by atoms with Gasteiger partial charge in [-0.25, -0.2) is 0 Å². The molecular weight excluding hydrogens is 358 g/mol. The second kappa shape index (κ2) is 7.29. The topological polar surface area (TPSA) is 69.0 Å². The molecule has 1 aromatic heterocycles. The fourth-order valence-corrected chi connectivity index (χ4v) is 4.76. The summed E-state index contributed by atoms with van der Waals surface area (Å²) in [6, 6.07) is 7.71. The van der Waals surface area contributed by atoms with Crippen LogP contribution in [0.25, 0.3) is 0 Å². The van der Waals surface area contributed by atoms with Gasteiger partial charge in [0.2, 0.25) is 6.79 Å². The molecule has 2 aliphatic heterocycles. The fourth-order valence-electron chi connectivity index (χ4n) is 4.76. The number of ether oxygens (including phenoxy) is 3. The summed E-state index contributed by atoms with van der Waals surface area (Å²) < 4.78 is 18.9. The van der Waals surface area contributed by atoms with Crippen molar-refractivity contribution in [3.8, 4) is 17.2 Å². The van der Waals surface area contributed by atoms with E-state index in [1.807, 2.05) is 29.1 Å². The molecule has 150 valence electrons. The van der Waals surface area contributed by atoms with Crippen molar-refractivity contribution in [2.75, 3.05) is 19.9 Å². The maximum absolute atomic E-state index is 10.7. The molecule has 7 nitrogen and oxygen atoms in total. The Hall–Kier alpha value is -2.25. The summed E-state index contributed by atoms with van der Waals surface area (Å²) in [6.07, 6.45) is 3.09. The molecule has 0 unspecified atom stereocenters. The standard InChI is InChI=1S/C21H27N3O4/c1-2-24-6-5-16(22-24)12-23-10-14-7-18(25)20(8-15(14)11-23)28-17-3-4-19-21(9-17)27-13-26-19/h3-6,9,14-15,18,20,25H,2,7-8,10-13H2,1H3/t14-,15+,18+,20+/m0/s1. The normalized spacial score (nSPS) is 29.1. The number of nitrogens with zero attached hydrogens (tertiary/aromatic N) is 3. The maximum Gasteiger partial charge on any atom is 0.231 e. The zero-order valence-electron chi connectivity index (χ0n) is 16.2. The molecule has 1 aromatic carbocycles. The quantitative estimate of drug-likeness (QED) is 0.852. The summed E-state index contributed by atoms with van der Waals surface area (Å²) in [5.74, 6) is 3.26. The van der Waals surface area contributed by atoms with Crippen LogP contribution in [0.2, 0.25) is 0 Å². The lowest BCUT2D eigenvalue weighted by atomic mass is 9.78. The number of likely N-dealkylation sites (tertiary alicyclic amines) is 1. The average Bonchev–Trinajstić information content (AvgIpc) is 3.41. The lowest BCUT2D eigenvalue weighted by Crippen LogP contribution is -2.42. The zero-order valence-corrected chi connectivity index (χ0v) is 16.2. The largest absolute Gasteiger partial charge is 0.488 e. The van der Waals surface area contributed by atoms with Crippen LogP contribution in [0.1, 0.15) is 25.5 Å². The van der Waals surface area contributed by atoms with E-state index in [0.717, 1.165) is 56.2 Å². The van der Waals surface area contributed by atoms with Crippen molar-refractivity contribution < 1.29 is 19.3 Å². The summed E-state index contributed by atoms with van der Waals surface area (Å²) in [6.45, 7) is 6.19. The van der Waals surface area contributed by atoms with Gasteiger partial charge in [-0.15, -0.1) is 0 Å². The number of aromatic nitrogens is 2. The lowest BCUT2D eigenvalue weighted by molar-refractivity contribution is -0.0232. The molecule has 1 aliphatic carbocycles. The van der Waals surface area contributed by atoms with Crippen molar-refractivity contribution in [1.29, 1.82) is 0 Å². The van der Waals surface area contributed by atoms with Gasteiger partial charge >= 0.3 is 0 Å². The van der Waals surface area contributed by atoms with Gasteiger partial charge in [-0.3, -0.25) is 9.58 Å². The molecule has 3 aliphatic rings. The molecular formula is C21H27N3O4. The van der Waals surface area contributed by atoms with E-state index >= 15 is 0 Å². The van der Waals surface area contributed by atoms with E-state index in [0.29, 0.717) is 17.6 Å². The summed E-state index contributed by atoms with van der Waals surface area (Å²) in [5, 5.41) is 15.3. The lowest BCUT2D eigenvalue weighted by Gasteiger charge is -2.35. The Bertz CT molecular complexity index is 839. The molecule has 0 radical (unpaired) electrons. The Kier molecular flexibility index (Phi) is 4.64. The van der Waals surface area contributed by atoms with E-state index in [1.54, 1.807) is 0 Å². The third-order valence-electron chi connectivity index (χ3n) is 6.20. The Balaban J connectivity index is 1.21. The highest BCUT2D eigenvalue weighted by molar-refractivity contribution is 5.47. The van der Waals surface area contributed by atoms with Crippen LogP contribution in [0.4, 0.5) is 0 Å². The summed E-state index contributed by atoms with van der Waals surface area (Å²) in [7, 11) is 0. The van der Waals surface area contributed by atoms with Gasteiger partial charge in [0.25, 0.3) is 0 Å². The van der Waals surface area contributed by atoms with Gasteiger partial charge in [-0.05, 0) is 49.8 Å². The van der Waals surface area contributed by atoms with Crippen LogP contribution < -0.4 is 14.2 Å². The Morgan fingerprint density at radius 2 is 1.96 bits per heavy atom. The third kappa shape index (κ3) is 3.44. The highest BCUT2D eigenvalue weighted by Crippen LogP contribution is 2.40. The summed E-state index contributed by atoms with van der Waals surface area (Å²) in [4.78, 5) is 2.47. The number of aliphatic hydroxyl groups excluding tert-OH is 1. The first-order chi connectivity index (χ1) is 13.7. The van der Waals surface area contributed by atoms with Crippen LogP contribution in [0.5, 0.6) is 17.2 Å². The number of aryl methyl sites for hydroxylation is 1. The minimum atomic E-state index is -0.439. The fraction of sp³-hybridized carbons (Fsp3) is 0.571. The predicted octanol–water partition coefficient (Wildman–Crippen LogP) is 2.28. The van der Waals surface area contributed by atoms with Gasteiger partial charge in [-0.1, -0.05) is 0 Å². The Morgan fingerprint density at radius 1 is 1.14 bits per heavy atom. The number of rotatable bonds is 5. The van der Waals surface area contributed by atoms with Crippen molar-refractivity contribution in [1.82, 2.24) is 14.7 Å². The van der Waals surface area contributed by atoms with Crippen molar-refractivity contribution in [2.24, 2.45) is 11.8 Å². The molecule has 0 amide bonds. The van der Waals surface area contributed by atoms with Crippen molar-refractivity contribution in [3.05, 3.63) is 36.2 Å². The second-order valence-electron chi connectivity index (χ2n) is 8.09. The second-order valence-corrected chi connectivity index (χ2v) is 8.09. The van der Waals surface area contributed by atoms with Gasteiger partial charge in [0.05, 0.1) is 11.8 Å². The van der Waals surface area contributed by atoms with Crippen LogP contribution in [0, 0.1) is 11.8 Å². The summed E-state index contributed by atoms with van der Waals surface area (Å²) >= 11 is 0. The summed E-state index contributed by atoms with van der Waals surface area (Å²) in [5.41, 5.74) is 1.12. The van der Waals surface area contributed by atoms with Crippen molar-refractivity contribution in [3.63, 3.8) is 0 Å².